The third kappa shape index (κ3) is 3.52. The molecule has 1 amide bonds. The highest BCUT2D eigenvalue weighted by Crippen LogP contribution is 2.50. The first-order valence-electron chi connectivity index (χ1n) is 7.50. The Morgan fingerprint density at radius 3 is 2.42 bits per heavy atom. The van der Waals surface area contributed by atoms with E-state index in [9.17, 15) is 18.0 Å². The van der Waals surface area contributed by atoms with Crippen molar-refractivity contribution in [3.05, 3.63) is 17.2 Å². The molecule has 0 saturated heterocycles. The number of benzene rings is 1. The van der Waals surface area contributed by atoms with Gasteiger partial charge in [0.2, 0.25) is 5.75 Å². The molecule has 1 aliphatic carbocycles. The molecule has 1 atom stereocenters. The van der Waals surface area contributed by atoms with Crippen molar-refractivity contribution in [2.24, 2.45) is 0 Å². The average Bonchev–Trinajstić information content (AvgIpc) is 2.94. The minimum absolute atomic E-state index is 0.0108. The number of hydrogen-bond donors (Lipinski definition) is 1. The maximum atomic E-state index is 12.2. The molecule has 0 heterocycles. The van der Waals surface area contributed by atoms with Crippen molar-refractivity contribution in [3.8, 4) is 17.2 Å². The number of ether oxygens (including phenoxy) is 3. The molecular formula is C16H20F3NO4. The van der Waals surface area contributed by atoms with Gasteiger partial charge in [-0.1, -0.05) is 0 Å². The standard InChI is InChI=1S/C16H20F3NO4/c1-22-11-8-10-5-4-9(6-7-20-15(21)16(17,18)19)12(10)14(24-3)13(11)23-2/h8-9H,4-7H2,1-3H3,(H,20,21). The molecule has 0 spiro atoms. The van der Waals surface area contributed by atoms with Crippen LogP contribution >= 0.6 is 0 Å². The summed E-state index contributed by atoms with van der Waals surface area (Å²) in [6, 6.07) is 1.87. The van der Waals surface area contributed by atoms with Gasteiger partial charge in [0, 0.05) is 12.1 Å². The lowest BCUT2D eigenvalue weighted by atomic mass is 9.96. The Labute approximate surface area is 138 Å². The Morgan fingerprint density at radius 2 is 1.88 bits per heavy atom. The number of carbonyl (C=O) groups excluding carboxylic acids is 1. The highest BCUT2D eigenvalue weighted by Gasteiger charge is 2.38. The van der Waals surface area contributed by atoms with Crippen LogP contribution < -0.4 is 19.5 Å². The van der Waals surface area contributed by atoms with Crippen LogP contribution in [0.5, 0.6) is 17.2 Å². The Balaban J connectivity index is 2.18. The van der Waals surface area contributed by atoms with Gasteiger partial charge in [-0.05, 0) is 36.8 Å². The van der Waals surface area contributed by atoms with Crippen molar-refractivity contribution in [2.45, 2.75) is 31.4 Å². The number of halogens is 3. The third-order valence-electron chi connectivity index (χ3n) is 4.16. The summed E-state index contributed by atoms with van der Waals surface area (Å²) in [4.78, 5) is 10.9. The molecule has 24 heavy (non-hydrogen) atoms. The van der Waals surface area contributed by atoms with E-state index in [-0.39, 0.29) is 12.5 Å². The first-order chi connectivity index (χ1) is 11.3. The number of rotatable bonds is 6. The molecule has 0 radical (unpaired) electrons. The van der Waals surface area contributed by atoms with Gasteiger partial charge in [0.05, 0.1) is 21.3 Å². The van der Waals surface area contributed by atoms with Crippen LogP contribution in [-0.4, -0.2) is 40.0 Å². The van der Waals surface area contributed by atoms with Crippen LogP contribution in [0.2, 0.25) is 0 Å². The number of hydrogen-bond acceptors (Lipinski definition) is 4. The van der Waals surface area contributed by atoms with Crippen molar-refractivity contribution < 1.29 is 32.2 Å². The normalized spacial score (nSPS) is 16.5. The molecule has 2 rings (SSSR count). The fraction of sp³-hybridized carbons (Fsp3) is 0.562. The lowest BCUT2D eigenvalue weighted by Gasteiger charge is -2.20. The van der Waals surface area contributed by atoms with Crippen molar-refractivity contribution in [1.29, 1.82) is 0 Å². The number of nitrogens with one attached hydrogen (secondary N) is 1. The number of aryl methyl sites for hydroxylation is 1. The van der Waals surface area contributed by atoms with E-state index in [1.807, 2.05) is 11.4 Å². The summed E-state index contributed by atoms with van der Waals surface area (Å²) in [6.07, 6.45) is -2.93. The van der Waals surface area contributed by atoms with Gasteiger partial charge in [-0.15, -0.1) is 0 Å². The van der Waals surface area contributed by atoms with Gasteiger partial charge in [0.1, 0.15) is 0 Å². The zero-order valence-corrected chi connectivity index (χ0v) is 13.8. The number of methoxy groups -OCH3 is 3. The van der Waals surface area contributed by atoms with Crippen LogP contribution in [0, 0.1) is 0 Å². The minimum Gasteiger partial charge on any atom is -0.493 e. The fourth-order valence-corrected chi connectivity index (χ4v) is 3.11. The molecule has 134 valence electrons. The summed E-state index contributed by atoms with van der Waals surface area (Å²) in [6.45, 7) is -0.0556. The molecule has 0 saturated carbocycles. The number of alkyl halides is 3. The molecule has 0 aliphatic heterocycles. The SMILES string of the molecule is COc1cc2c(c(OC)c1OC)C(CCNC(=O)C(F)(F)F)CC2. The largest absolute Gasteiger partial charge is 0.493 e. The fourth-order valence-electron chi connectivity index (χ4n) is 3.11. The van der Waals surface area contributed by atoms with E-state index in [0.29, 0.717) is 23.7 Å². The second-order valence-electron chi connectivity index (χ2n) is 5.50. The van der Waals surface area contributed by atoms with E-state index in [2.05, 4.69) is 0 Å². The van der Waals surface area contributed by atoms with Crippen LogP contribution in [-0.2, 0) is 11.2 Å². The predicted octanol–water partition coefficient (Wildman–Crippen LogP) is 2.81. The summed E-state index contributed by atoms with van der Waals surface area (Å²) in [7, 11) is 4.54. The lowest BCUT2D eigenvalue weighted by molar-refractivity contribution is -0.173. The third-order valence-corrected chi connectivity index (χ3v) is 4.16. The van der Waals surface area contributed by atoms with Crippen molar-refractivity contribution in [3.63, 3.8) is 0 Å². The molecule has 0 fully saturated rings. The Kier molecular flexibility index (Phi) is 5.46. The van der Waals surface area contributed by atoms with Gasteiger partial charge >= 0.3 is 12.1 Å². The second kappa shape index (κ2) is 7.19. The van der Waals surface area contributed by atoms with E-state index >= 15 is 0 Å². The summed E-state index contributed by atoms with van der Waals surface area (Å²) in [5, 5.41) is 1.91. The van der Waals surface area contributed by atoms with E-state index in [4.69, 9.17) is 14.2 Å². The first-order valence-corrected chi connectivity index (χ1v) is 7.50. The lowest BCUT2D eigenvalue weighted by Crippen LogP contribution is -2.37. The van der Waals surface area contributed by atoms with Crippen LogP contribution in [0.15, 0.2) is 6.07 Å². The molecule has 1 aliphatic rings. The van der Waals surface area contributed by atoms with Crippen molar-refractivity contribution in [2.75, 3.05) is 27.9 Å². The maximum absolute atomic E-state index is 12.2. The van der Waals surface area contributed by atoms with Gasteiger partial charge in [0.25, 0.3) is 0 Å². The molecule has 1 N–H and O–H groups in total. The number of amides is 1. The maximum Gasteiger partial charge on any atom is 0.471 e. The molecule has 1 aromatic rings. The molecule has 0 bridgehead atoms. The monoisotopic (exact) mass is 347 g/mol. The van der Waals surface area contributed by atoms with Crippen molar-refractivity contribution in [1.82, 2.24) is 5.32 Å². The summed E-state index contributed by atoms with van der Waals surface area (Å²) < 4.78 is 52.8. The smallest absolute Gasteiger partial charge is 0.471 e. The summed E-state index contributed by atoms with van der Waals surface area (Å²) in [5.74, 6) is -0.371. The zero-order valence-electron chi connectivity index (χ0n) is 13.8. The molecule has 5 nitrogen and oxygen atoms in total. The quantitative estimate of drug-likeness (QED) is 0.860. The highest BCUT2D eigenvalue weighted by atomic mass is 19.4. The van der Waals surface area contributed by atoms with E-state index in [1.165, 1.54) is 21.3 Å². The zero-order chi connectivity index (χ0) is 17.9. The second-order valence-corrected chi connectivity index (χ2v) is 5.50. The van der Waals surface area contributed by atoms with Crippen LogP contribution in [0.3, 0.4) is 0 Å². The number of carbonyl (C=O) groups is 1. The van der Waals surface area contributed by atoms with E-state index in [1.54, 1.807) is 0 Å². The van der Waals surface area contributed by atoms with Gasteiger partial charge < -0.3 is 19.5 Å². The molecule has 0 aromatic heterocycles. The van der Waals surface area contributed by atoms with Crippen molar-refractivity contribution >= 4 is 5.91 Å². The van der Waals surface area contributed by atoms with Gasteiger partial charge in [-0.2, -0.15) is 13.2 Å². The average molecular weight is 347 g/mol. The minimum atomic E-state index is -4.86. The Bertz CT molecular complexity index is 616. The summed E-state index contributed by atoms with van der Waals surface area (Å²) in [5.41, 5.74) is 1.94. The van der Waals surface area contributed by atoms with Gasteiger partial charge in [-0.3, -0.25) is 4.79 Å². The molecule has 8 heteroatoms. The predicted molar refractivity (Wildman–Crippen MR) is 80.8 cm³/mol. The summed E-state index contributed by atoms with van der Waals surface area (Å²) >= 11 is 0. The van der Waals surface area contributed by atoms with Gasteiger partial charge in [-0.25, -0.2) is 0 Å². The van der Waals surface area contributed by atoms with Crippen LogP contribution in [0.1, 0.15) is 29.9 Å². The first kappa shape index (κ1) is 18.2. The van der Waals surface area contributed by atoms with E-state index < -0.39 is 12.1 Å². The van der Waals surface area contributed by atoms with Crippen LogP contribution in [0.4, 0.5) is 13.2 Å². The Morgan fingerprint density at radius 1 is 1.21 bits per heavy atom. The Hall–Kier alpha value is -2.12. The highest BCUT2D eigenvalue weighted by molar-refractivity contribution is 5.81. The molecular weight excluding hydrogens is 327 g/mol. The topological polar surface area (TPSA) is 56.8 Å². The molecule has 1 unspecified atom stereocenters. The van der Waals surface area contributed by atoms with Gasteiger partial charge in [0.15, 0.2) is 11.5 Å². The molecule has 1 aromatic carbocycles. The van der Waals surface area contributed by atoms with E-state index in [0.717, 1.165) is 24.0 Å². The number of fused-ring (bicyclic) bond motifs is 1. The van der Waals surface area contributed by atoms with Crippen LogP contribution in [0.25, 0.3) is 0 Å².